The van der Waals surface area contributed by atoms with Crippen molar-refractivity contribution in [2.45, 2.75) is 13.8 Å². The van der Waals surface area contributed by atoms with Crippen LogP contribution in [0.4, 0.5) is 10.5 Å². The predicted octanol–water partition coefficient (Wildman–Crippen LogP) is 0.913. The summed E-state index contributed by atoms with van der Waals surface area (Å²) in [5.41, 5.74) is 0.628. The van der Waals surface area contributed by atoms with Crippen molar-refractivity contribution in [3.8, 4) is 0 Å². The number of sulfonamides is 1. The van der Waals surface area contributed by atoms with Crippen LogP contribution in [-0.4, -0.2) is 74.7 Å². The Balaban J connectivity index is 1.67. The molecule has 1 aromatic rings. The fourth-order valence-corrected chi connectivity index (χ4v) is 5.14. The van der Waals surface area contributed by atoms with Gasteiger partial charge in [-0.05, 0) is 31.2 Å². The zero-order valence-corrected chi connectivity index (χ0v) is 16.6. The average Bonchev–Trinajstić information content (AvgIpc) is 2.88. The van der Waals surface area contributed by atoms with Crippen molar-refractivity contribution in [1.82, 2.24) is 9.80 Å². The van der Waals surface area contributed by atoms with Gasteiger partial charge in [-0.1, -0.05) is 6.92 Å². The van der Waals surface area contributed by atoms with Gasteiger partial charge in [0.05, 0.1) is 24.0 Å². The van der Waals surface area contributed by atoms with Crippen LogP contribution in [0.2, 0.25) is 0 Å². The SMILES string of the molecule is CCOC(=O)N1CCN(C(=O)c2ccc(N3C(=O)C(C)CS3(=O)=O)cc2)CC1. The van der Waals surface area contributed by atoms with E-state index in [0.717, 1.165) is 4.31 Å². The van der Waals surface area contributed by atoms with Gasteiger partial charge in [0.1, 0.15) is 0 Å². The van der Waals surface area contributed by atoms with Gasteiger partial charge in [0.15, 0.2) is 0 Å². The molecule has 1 aromatic carbocycles. The van der Waals surface area contributed by atoms with Gasteiger partial charge in [-0.3, -0.25) is 9.59 Å². The number of ether oxygens (including phenoxy) is 1. The Morgan fingerprint density at radius 2 is 1.64 bits per heavy atom. The number of benzene rings is 1. The number of nitrogens with zero attached hydrogens (tertiary/aromatic N) is 3. The second-order valence-corrected chi connectivity index (χ2v) is 8.67. The third kappa shape index (κ3) is 3.82. The highest BCUT2D eigenvalue weighted by atomic mass is 32.2. The van der Waals surface area contributed by atoms with Crippen LogP contribution >= 0.6 is 0 Å². The Morgan fingerprint density at radius 3 is 2.14 bits per heavy atom. The van der Waals surface area contributed by atoms with E-state index < -0.39 is 21.8 Å². The molecule has 1 atom stereocenters. The molecule has 3 rings (SSSR count). The lowest BCUT2D eigenvalue weighted by Gasteiger charge is -2.34. The second kappa shape index (κ2) is 7.78. The maximum atomic E-state index is 12.7. The molecule has 1 unspecified atom stereocenters. The number of carbonyl (C=O) groups is 3. The lowest BCUT2D eigenvalue weighted by Crippen LogP contribution is -2.50. The van der Waals surface area contributed by atoms with E-state index in [9.17, 15) is 22.8 Å². The minimum atomic E-state index is -3.67. The molecule has 28 heavy (non-hydrogen) atoms. The minimum absolute atomic E-state index is 0.209. The van der Waals surface area contributed by atoms with Crippen LogP contribution in [0.15, 0.2) is 24.3 Å². The molecular formula is C18H23N3O6S. The molecule has 0 aliphatic carbocycles. The van der Waals surface area contributed by atoms with E-state index in [-0.39, 0.29) is 23.4 Å². The number of piperazine rings is 1. The van der Waals surface area contributed by atoms with Gasteiger partial charge in [-0.15, -0.1) is 0 Å². The third-order valence-corrected chi connectivity index (χ3v) is 6.67. The zero-order chi connectivity index (χ0) is 20.5. The summed E-state index contributed by atoms with van der Waals surface area (Å²) < 4.78 is 30.1. The molecule has 2 saturated heterocycles. The minimum Gasteiger partial charge on any atom is -0.450 e. The second-order valence-electron chi connectivity index (χ2n) is 6.81. The van der Waals surface area contributed by atoms with Gasteiger partial charge in [0.25, 0.3) is 5.91 Å². The van der Waals surface area contributed by atoms with Crippen molar-refractivity contribution in [3.05, 3.63) is 29.8 Å². The predicted molar refractivity (Wildman–Crippen MR) is 101 cm³/mol. The molecule has 2 aliphatic heterocycles. The van der Waals surface area contributed by atoms with E-state index in [1.54, 1.807) is 23.6 Å². The van der Waals surface area contributed by atoms with Gasteiger partial charge in [-0.2, -0.15) is 0 Å². The summed E-state index contributed by atoms with van der Waals surface area (Å²) in [5.74, 6) is -1.47. The van der Waals surface area contributed by atoms with Crippen LogP contribution in [0.1, 0.15) is 24.2 Å². The van der Waals surface area contributed by atoms with Crippen molar-refractivity contribution in [3.63, 3.8) is 0 Å². The van der Waals surface area contributed by atoms with Crippen LogP contribution in [-0.2, 0) is 19.6 Å². The molecule has 2 aliphatic rings. The monoisotopic (exact) mass is 409 g/mol. The summed E-state index contributed by atoms with van der Waals surface area (Å²) in [6, 6.07) is 5.97. The van der Waals surface area contributed by atoms with Crippen LogP contribution in [0, 0.1) is 5.92 Å². The standard InChI is InChI=1S/C18H23N3O6S/c1-3-27-18(24)20-10-8-19(9-11-20)17(23)14-4-6-15(7-5-14)21-16(22)13(2)12-28(21,25)26/h4-7,13H,3,8-12H2,1-2H3. The summed E-state index contributed by atoms with van der Waals surface area (Å²) in [5, 5.41) is 0. The Bertz CT molecular complexity index is 875. The Kier molecular flexibility index (Phi) is 5.59. The summed E-state index contributed by atoms with van der Waals surface area (Å²) in [4.78, 5) is 39.7. The Morgan fingerprint density at radius 1 is 1.07 bits per heavy atom. The van der Waals surface area contributed by atoms with Crippen LogP contribution in [0.25, 0.3) is 0 Å². The molecule has 0 bridgehead atoms. The molecule has 10 heteroatoms. The summed E-state index contributed by atoms with van der Waals surface area (Å²) in [7, 11) is -3.67. The lowest BCUT2D eigenvalue weighted by atomic mass is 10.1. The van der Waals surface area contributed by atoms with E-state index in [2.05, 4.69) is 0 Å². The van der Waals surface area contributed by atoms with E-state index in [0.29, 0.717) is 38.3 Å². The molecule has 0 spiro atoms. The molecular weight excluding hydrogens is 386 g/mol. The van der Waals surface area contributed by atoms with E-state index in [4.69, 9.17) is 4.74 Å². The molecule has 0 radical (unpaired) electrons. The number of hydrogen-bond acceptors (Lipinski definition) is 6. The summed E-state index contributed by atoms with van der Waals surface area (Å²) in [6.07, 6.45) is -0.385. The largest absolute Gasteiger partial charge is 0.450 e. The normalized spacial score (nSPS) is 21.7. The Hall–Kier alpha value is -2.62. The summed E-state index contributed by atoms with van der Waals surface area (Å²) >= 11 is 0. The lowest BCUT2D eigenvalue weighted by molar-refractivity contribution is -0.119. The molecule has 0 N–H and O–H groups in total. The van der Waals surface area contributed by atoms with Gasteiger partial charge >= 0.3 is 6.09 Å². The van der Waals surface area contributed by atoms with Gasteiger partial charge in [0.2, 0.25) is 15.9 Å². The van der Waals surface area contributed by atoms with Gasteiger partial charge < -0.3 is 14.5 Å². The maximum absolute atomic E-state index is 12.7. The van der Waals surface area contributed by atoms with E-state index >= 15 is 0 Å². The van der Waals surface area contributed by atoms with Crippen LogP contribution in [0.3, 0.4) is 0 Å². The number of hydrogen-bond donors (Lipinski definition) is 0. The molecule has 2 fully saturated rings. The molecule has 152 valence electrons. The first-order valence-electron chi connectivity index (χ1n) is 9.12. The highest BCUT2D eigenvalue weighted by Crippen LogP contribution is 2.28. The topological polar surface area (TPSA) is 104 Å². The van der Waals surface area contributed by atoms with E-state index in [1.165, 1.54) is 24.3 Å². The molecule has 0 aromatic heterocycles. The van der Waals surface area contributed by atoms with Crippen molar-refractivity contribution in [1.29, 1.82) is 0 Å². The first-order valence-corrected chi connectivity index (χ1v) is 10.7. The van der Waals surface area contributed by atoms with Crippen molar-refractivity contribution in [2.24, 2.45) is 5.92 Å². The zero-order valence-electron chi connectivity index (χ0n) is 15.8. The number of anilines is 1. The first kappa shape index (κ1) is 20.1. The number of amides is 3. The third-order valence-electron chi connectivity index (χ3n) is 4.80. The van der Waals surface area contributed by atoms with E-state index in [1.807, 2.05) is 0 Å². The fraction of sp³-hybridized carbons (Fsp3) is 0.500. The van der Waals surface area contributed by atoms with Crippen LogP contribution in [0.5, 0.6) is 0 Å². The van der Waals surface area contributed by atoms with Crippen LogP contribution < -0.4 is 4.31 Å². The quantitative estimate of drug-likeness (QED) is 0.735. The molecule has 2 heterocycles. The van der Waals surface area contributed by atoms with Crippen molar-refractivity contribution < 1.29 is 27.5 Å². The fourth-order valence-electron chi connectivity index (χ4n) is 3.32. The van der Waals surface area contributed by atoms with Gasteiger partial charge in [-0.25, -0.2) is 17.5 Å². The Labute approximate surface area is 163 Å². The first-order chi connectivity index (χ1) is 13.2. The molecule has 0 saturated carbocycles. The van der Waals surface area contributed by atoms with Crippen molar-refractivity contribution in [2.75, 3.05) is 42.8 Å². The smallest absolute Gasteiger partial charge is 0.409 e. The maximum Gasteiger partial charge on any atom is 0.409 e. The van der Waals surface area contributed by atoms with Crippen molar-refractivity contribution >= 4 is 33.6 Å². The average molecular weight is 409 g/mol. The van der Waals surface area contributed by atoms with Gasteiger partial charge in [0, 0.05) is 31.7 Å². The summed E-state index contributed by atoms with van der Waals surface area (Å²) in [6.45, 7) is 5.17. The molecule has 9 nitrogen and oxygen atoms in total. The number of rotatable bonds is 3. The highest BCUT2D eigenvalue weighted by Gasteiger charge is 2.42. The number of carbonyl (C=O) groups excluding carboxylic acids is 3. The highest BCUT2D eigenvalue weighted by molar-refractivity contribution is 7.94. The molecule has 3 amide bonds.